The van der Waals surface area contributed by atoms with Crippen LogP contribution in [0.5, 0.6) is 0 Å². The third kappa shape index (κ3) is 1.06. The Morgan fingerprint density at radius 2 is 1.93 bits per heavy atom. The van der Waals surface area contributed by atoms with Gasteiger partial charge in [0.2, 0.25) is 0 Å². The standard InChI is InChI=1S/C12H16O2/c1-7-9-10(7)12(13)14-11(9)8-5-3-2-4-6-8/h8-11H,1-6H2/t9-,10+,11+/m0/s1. The number of fused-ring (bicyclic) bond motifs is 1. The minimum absolute atomic E-state index is 0.00410. The van der Waals surface area contributed by atoms with Crippen LogP contribution in [0, 0.1) is 17.8 Å². The van der Waals surface area contributed by atoms with Gasteiger partial charge in [0.1, 0.15) is 6.10 Å². The van der Waals surface area contributed by atoms with Crippen molar-refractivity contribution in [2.75, 3.05) is 0 Å². The summed E-state index contributed by atoms with van der Waals surface area (Å²) in [6.45, 7) is 3.95. The molecule has 2 saturated carbocycles. The number of esters is 1. The monoisotopic (exact) mass is 192 g/mol. The maximum Gasteiger partial charge on any atom is 0.314 e. The molecular formula is C12H16O2. The molecule has 14 heavy (non-hydrogen) atoms. The zero-order valence-corrected chi connectivity index (χ0v) is 8.37. The highest BCUT2D eigenvalue weighted by Gasteiger charge is 2.61. The molecule has 76 valence electrons. The minimum Gasteiger partial charge on any atom is -0.461 e. The van der Waals surface area contributed by atoms with Crippen molar-refractivity contribution in [2.45, 2.75) is 38.2 Å². The van der Waals surface area contributed by atoms with Crippen molar-refractivity contribution >= 4 is 5.97 Å². The highest BCUT2D eigenvalue weighted by Crippen LogP contribution is 2.56. The van der Waals surface area contributed by atoms with Gasteiger partial charge in [0.15, 0.2) is 0 Å². The summed E-state index contributed by atoms with van der Waals surface area (Å²) < 4.78 is 5.43. The lowest BCUT2D eigenvalue weighted by Crippen LogP contribution is -2.26. The smallest absolute Gasteiger partial charge is 0.314 e. The van der Waals surface area contributed by atoms with Gasteiger partial charge in [-0.15, -0.1) is 0 Å². The van der Waals surface area contributed by atoms with Crippen molar-refractivity contribution in [3.63, 3.8) is 0 Å². The number of ether oxygens (including phenoxy) is 1. The molecule has 0 radical (unpaired) electrons. The van der Waals surface area contributed by atoms with Gasteiger partial charge in [-0.05, 0) is 18.8 Å². The van der Waals surface area contributed by atoms with E-state index in [1.54, 1.807) is 0 Å². The fraction of sp³-hybridized carbons (Fsp3) is 0.750. The van der Waals surface area contributed by atoms with Crippen LogP contribution in [0.1, 0.15) is 32.1 Å². The molecule has 3 fully saturated rings. The van der Waals surface area contributed by atoms with Crippen molar-refractivity contribution in [2.24, 2.45) is 17.8 Å². The number of rotatable bonds is 1. The first-order valence-corrected chi connectivity index (χ1v) is 5.68. The summed E-state index contributed by atoms with van der Waals surface area (Å²) in [5, 5.41) is 0. The van der Waals surface area contributed by atoms with Crippen LogP contribution in [0.15, 0.2) is 12.2 Å². The molecule has 2 nitrogen and oxygen atoms in total. The third-order valence-corrected chi connectivity index (χ3v) is 4.05. The van der Waals surface area contributed by atoms with Crippen molar-refractivity contribution in [1.82, 2.24) is 0 Å². The summed E-state index contributed by atoms with van der Waals surface area (Å²) in [6.07, 6.45) is 6.65. The fourth-order valence-electron chi connectivity index (χ4n) is 3.17. The van der Waals surface area contributed by atoms with Crippen molar-refractivity contribution in [1.29, 1.82) is 0 Å². The Balaban J connectivity index is 1.73. The minimum atomic E-state index is -0.00410. The normalized spacial score (nSPS) is 42.1. The Bertz CT molecular complexity index is 289. The predicted octanol–water partition coefficient (Wildman–Crippen LogP) is 2.29. The molecule has 2 aliphatic carbocycles. The molecule has 1 heterocycles. The summed E-state index contributed by atoms with van der Waals surface area (Å²) in [5.41, 5.74) is 1.14. The molecule has 3 aliphatic rings. The first-order chi connectivity index (χ1) is 6.79. The number of carbonyl (C=O) groups is 1. The van der Waals surface area contributed by atoms with Crippen LogP contribution in [0.25, 0.3) is 0 Å². The maximum atomic E-state index is 11.4. The number of carbonyl (C=O) groups excluding carboxylic acids is 1. The molecule has 0 unspecified atom stereocenters. The second-order valence-corrected chi connectivity index (χ2v) is 4.88. The zero-order chi connectivity index (χ0) is 9.71. The Labute approximate surface area is 84.3 Å². The van der Waals surface area contributed by atoms with Gasteiger partial charge in [-0.25, -0.2) is 0 Å². The Morgan fingerprint density at radius 3 is 2.50 bits per heavy atom. The summed E-state index contributed by atoms with van der Waals surface area (Å²) >= 11 is 0. The molecule has 3 rings (SSSR count). The van der Waals surface area contributed by atoms with E-state index in [9.17, 15) is 4.79 Å². The van der Waals surface area contributed by atoms with Crippen LogP contribution in [0.2, 0.25) is 0 Å². The lowest BCUT2D eigenvalue weighted by Gasteiger charge is -2.27. The molecule has 0 aromatic rings. The van der Waals surface area contributed by atoms with Crippen LogP contribution in [0.3, 0.4) is 0 Å². The molecular weight excluding hydrogens is 176 g/mol. The third-order valence-electron chi connectivity index (χ3n) is 4.05. The largest absolute Gasteiger partial charge is 0.461 e. The first kappa shape index (κ1) is 8.51. The second kappa shape index (κ2) is 2.85. The molecule has 3 atom stereocenters. The lowest BCUT2D eigenvalue weighted by molar-refractivity contribution is -0.146. The van der Waals surface area contributed by atoms with Crippen molar-refractivity contribution < 1.29 is 9.53 Å². The Hall–Kier alpha value is -0.790. The van der Waals surface area contributed by atoms with E-state index in [4.69, 9.17) is 4.74 Å². The maximum absolute atomic E-state index is 11.4. The van der Waals surface area contributed by atoms with Gasteiger partial charge in [0.25, 0.3) is 0 Å². The van der Waals surface area contributed by atoms with Gasteiger partial charge in [-0.1, -0.05) is 31.4 Å². The van der Waals surface area contributed by atoms with E-state index in [-0.39, 0.29) is 18.0 Å². The Kier molecular flexibility index (Phi) is 1.73. The molecule has 2 heteroatoms. The number of cyclic esters (lactones) is 1. The van der Waals surface area contributed by atoms with E-state index in [2.05, 4.69) is 6.58 Å². The van der Waals surface area contributed by atoms with E-state index in [1.807, 2.05) is 0 Å². The van der Waals surface area contributed by atoms with E-state index >= 15 is 0 Å². The molecule has 0 amide bonds. The molecule has 0 spiro atoms. The predicted molar refractivity (Wildman–Crippen MR) is 52.6 cm³/mol. The Morgan fingerprint density at radius 1 is 1.21 bits per heavy atom. The van der Waals surface area contributed by atoms with Gasteiger partial charge < -0.3 is 4.74 Å². The quantitative estimate of drug-likeness (QED) is 0.470. The molecule has 0 aromatic heterocycles. The van der Waals surface area contributed by atoms with E-state index in [0.717, 1.165) is 5.57 Å². The van der Waals surface area contributed by atoms with Crippen molar-refractivity contribution in [3.8, 4) is 0 Å². The summed E-state index contributed by atoms with van der Waals surface area (Å²) in [4.78, 5) is 11.4. The van der Waals surface area contributed by atoms with E-state index in [1.165, 1.54) is 32.1 Å². The number of hydrogen-bond donors (Lipinski definition) is 0. The first-order valence-electron chi connectivity index (χ1n) is 5.68. The van der Waals surface area contributed by atoms with Crippen LogP contribution in [-0.4, -0.2) is 12.1 Å². The van der Waals surface area contributed by atoms with E-state index in [0.29, 0.717) is 11.8 Å². The topological polar surface area (TPSA) is 26.3 Å². The molecule has 0 bridgehead atoms. The van der Waals surface area contributed by atoms with Crippen LogP contribution in [-0.2, 0) is 9.53 Å². The van der Waals surface area contributed by atoms with E-state index < -0.39 is 0 Å². The molecule has 1 saturated heterocycles. The highest BCUT2D eigenvalue weighted by molar-refractivity contribution is 5.85. The summed E-state index contributed by atoms with van der Waals surface area (Å²) in [6, 6.07) is 0. The zero-order valence-electron chi connectivity index (χ0n) is 8.37. The van der Waals surface area contributed by atoms with Crippen molar-refractivity contribution in [3.05, 3.63) is 12.2 Å². The van der Waals surface area contributed by atoms with Gasteiger partial charge >= 0.3 is 5.97 Å². The van der Waals surface area contributed by atoms with Gasteiger partial charge in [0, 0.05) is 5.92 Å². The second-order valence-electron chi connectivity index (χ2n) is 4.88. The van der Waals surface area contributed by atoms with Crippen LogP contribution in [0.4, 0.5) is 0 Å². The molecule has 1 aliphatic heterocycles. The highest BCUT2D eigenvalue weighted by atomic mass is 16.6. The summed E-state index contributed by atoms with van der Waals surface area (Å²) in [5.74, 6) is 1.10. The fourth-order valence-corrected chi connectivity index (χ4v) is 3.17. The SMILES string of the molecule is C=C1[C@H]2C(=O)O[C@H](C3CCCCC3)[C@@H]12. The average molecular weight is 192 g/mol. The number of hydrogen-bond acceptors (Lipinski definition) is 2. The van der Waals surface area contributed by atoms with Gasteiger partial charge in [-0.2, -0.15) is 0 Å². The van der Waals surface area contributed by atoms with Gasteiger partial charge in [-0.3, -0.25) is 4.79 Å². The van der Waals surface area contributed by atoms with Crippen LogP contribution < -0.4 is 0 Å². The molecule has 0 aromatic carbocycles. The summed E-state index contributed by atoms with van der Waals surface area (Å²) in [7, 11) is 0. The average Bonchev–Trinajstić information content (AvgIpc) is 2.72. The molecule has 0 N–H and O–H groups in total. The lowest BCUT2D eigenvalue weighted by atomic mass is 9.83. The van der Waals surface area contributed by atoms with Crippen LogP contribution >= 0.6 is 0 Å². The van der Waals surface area contributed by atoms with Gasteiger partial charge in [0.05, 0.1) is 5.92 Å².